The van der Waals surface area contributed by atoms with E-state index in [9.17, 15) is 4.79 Å². The zero-order valence-electron chi connectivity index (χ0n) is 13.0. The molecule has 0 aliphatic rings. The number of benzene rings is 1. The maximum atomic E-state index is 11.5. The van der Waals surface area contributed by atoms with Crippen molar-refractivity contribution in [2.75, 3.05) is 14.2 Å². The number of carbonyl (C=O) groups is 1. The van der Waals surface area contributed by atoms with Crippen LogP contribution in [-0.2, 0) is 16.1 Å². The van der Waals surface area contributed by atoms with Crippen LogP contribution in [0.4, 0.5) is 0 Å². The van der Waals surface area contributed by atoms with Crippen LogP contribution < -0.4 is 14.8 Å². The van der Waals surface area contributed by atoms with Crippen molar-refractivity contribution in [2.45, 2.75) is 39.5 Å². The van der Waals surface area contributed by atoms with Crippen molar-refractivity contribution in [3.63, 3.8) is 0 Å². The molecule has 0 radical (unpaired) electrons. The van der Waals surface area contributed by atoms with E-state index in [1.807, 2.05) is 13.8 Å². The summed E-state index contributed by atoms with van der Waals surface area (Å²) >= 11 is 6.09. The minimum Gasteiger partial charge on any atom is -0.493 e. The average Bonchev–Trinajstić information content (AvgIpc) is 2.45. The van der Waals surface area contributed by atoms with Gasteiger partial charge in [-0.25, -0.2) is 4.79 Å². The molecule has 1 unspecified atom stereocenters. The Balaban J connectivity index is 3.09. The van der Waals surface area contributed by atoms with E-state index in [2.05, 4.69) is 10.1 Å². The summed E-state index contributed by atoms with van der Waals surface area (Å²) in [7, 11) is 2.85. The molecule has 1 aromatic carbocycles. The van der Waals surface area contributed by atoms with E-state index in [0.29, 0.717) is 29.1 Å². The molecule has 1 N–H and O–H groups in total. The van der Waals surface area contributed by atoms with Gasteiger partial charge in [-0.2, -0.15) is 0 Å². The van der Waals surface area contributed by atoms with Gasteiger partial charge >= 0.3 is 5.97 Å². The quantitative estimate of drug-likeness (QED) is 0.784. The van der Waals surface area contributed by atoms with E-state index in [4.69, 9.17) is 21.1 Å². The van der Waals surface area contributed by atoms with Crippen molar-refractivity contribution >= 4 is 17.6 Å². The van der Waals surface area contributed by atoms with Crippen LogP contribution in [0.1, 0.15) is 26.3 Å². The van der Waals surface area contributed by atoms with Gasteiger partial charge in [0.25, 0.3) is 0 Å². The average molecular weight is 316 g/mol. The van der Waals surface area contributed by atoms with Gasteiger partial charge in [-0.15, -0.1) is 0 Å². The molecule has 0 fully saturated rings. The molecule has 0 bridgehead atoms. The predicted octanol–water partition coefficient (Wildman–Crippen LogP) is 2.79. The van der Waals surface area contributed by atoms with Crippen LogP contribution in [-0.4, -0.2) is 32.3 Å². The van der Waals surface area contributed by atoms with Crippen LogP contribution in [0.2, 0.25) is 5.02 Å². The Bertz CT molecular complexity index is 491. The molecule has 0 saturated carbocycles. The second-order valence-electron chi connectivity index (χ2n) is 4.92. The standard InChI is InChI=1S/C15H22ClNO4/c1-9(2)17-8-11-6-12(16)7-13(19-4)14(11)21-10(3)15(18)20-5/h6-7,9-10,17H,8H2,1-5H3. The van der Waals surface area contributed by atoms with E-state index >= 15 is 0 Å². The highest BCUT2D eigenvalue weighted by Crippen LogP contribution is 2.35. The van der Waals surface area contributed by atoms with E-state index in [1.165, 1.54) is 14.2 Å². The summed E-state index contributed by atoms with van der Waals surface area (Å²) < 4.78 is 15.7. The lowest BCUT2D eigenvalue weighted by molar-refractivity contribution is -0.147. The zero-order valence-corrected chi connectivity index (χ0v) is 13.8. The van der Waals surface area contributed by atoms with Crippen LogP contribution in [0.3, 0.4) is 0 Å². The van der Waals surface area contributed by atoms with Gasteiger partial charge in [-0.05, 0) is 13.0 Å². The third kappa shape index (κ3) is 5.10. The Labute approximate surface area is 130 Å². The lowest BCUT2D eigenvalue weighted by Gasteiger charge is -2.19. The van der Waals surface area contributed by atoms with Crippen LogP contribution in [0.15, 0.2) is 12.1 Å². The normalized spacial score (nSPS) is 12.1. The van der Waals surface area contributed by atoms with Crippen molar-refractivity contribution in [1.82, 2.24) is 5.32 Å². The summed E-state index contributed by atoms with van der Waals surface area (Å²) in [5.41, 5.74) is 0.823. The molecular weight excluding hydrogens is 294 g/mol. The van der Waals surface area contributed by atoms with Gasteiger partial charge in [0, 0.05) is 29.2 Å². The maximum absolute atomic E-state index is 11.5. The number of nitrogens with one attached hydrogen (secondary N) is 1. The molecule has 0 amide bonds. The summed E-state index contributed by atoms with van der Waals surface area (Å²) in [6.07, 6.45) is -0.733. The number of esters is 1. The fraction of sp³-hybridized carbons (Fsp3) is 0.533. The van der Waals surface area contributed by atoms with E-state index < -0.39 is 12.1 Å². The molecule has 21 heavy (non-hydrogen) atoms. The Kier molecular flexibility index (Phi) is 6.78. The molecule has 0 saturated heterocycles. The Hall–Kier alpha value is -1.46. The Morgan fingerprint density at radius 2 is 1.95 bits per heavy atom. The molecule has 1 atom stereocenters. The third-order valence-electron chi connectivity index (χ3n) is 2.84. The molecule has 0 spiro atoms. The number of methoxy groups -OCH3 is 2. The largest absolute Gasteiger partial charge is 0.493 e. The van der Waals surface area contributed by atoms with Crippen molar-refractivity contribution in [2.24, 2.45) is 0 Å². The number of hydrogen-bond donors (Lipinski definition) is 1. The van der Waals surface area contributed by atoms with E-state index in [-0.39, 0.29) is 0 Å². The minimum absolute atomic E-state index is 0.306. The summed E-state index contributed by atoms with van der Waals surface area (Å²) in [6, 6.07) is 3.75. The van der Waals surface area contributed by atoms with Crippen molar-refractivity contribution in [3.8, 4) is 11.5 Å². The number of carbonyl (C=O) groups excluding carboxylic acids is 1. The van der Waals surface area contributed by atoms with Gasteiger partial charge in [-0.3, -0.25) is 0 Å². The zero-order chi connectivity index (χ0) is 16.0. The first-order valence-electron chi connectivity index (χ1n) is 6.73. The second kappa shape index (κ2) is 8.10. The van der Waals surface area contributed by atoms with Gasteiger partial charge in [0.2, 0.25) is 0 Å². The van der Waals surface area contributed by atoms with Gasteiger partial charge < -0.3 is 19.5 Å². The van der Waals surface area contributed by atoms with Crippen LogP contribution in [0.25, 0.3) is 0 Å². The maximum Gasteiger partial charge on any atom is 0.346 e. The van der Waals surface area contributed by atoms with Gasteiger partial charge in [0.05, 0.1) is 14.2 Å². The van der Waals surface area contributed by atoms with Crippen LogP contribution in [0, 0.1) is 0 Å². The predicted molar refractivity (Wildman–Crippen MR) is 82.1 cm³/mol. The second-order valence-corrected chi connectivity index (χ2v) is 5.35. The van der Waals surface area contributed by atoms with Crippen LogP contribution >= 0.6 is 11.6 Å². The van der Waals surface area contributed by atoms with Gasteiger partial charge in [-0.1, -0.05) is 25.4 Å². The highest BCUT2D eigenvalue weighted by atomic mass is 35.5. The Morgan fingerprint density at radius 3 is 2.48 bits per heavy atom. The molecule has 118 valence electrons. The Morgan fingerprint density at radius 1 is 1.29 bits per heavy atom. The summed E-state index contributed by atoms with van der Waals surface area (Å²) in [5.74, 6) is 0.529. The highest BCUT2D eigenvalue weighted by Gasteiger charge is 2.20. The first kappa shape index (κ1) is 17.6. The summed E-state index contributed by atoms with van der Waals surface area (Å²) in [4.78, 5) is 11.5. The minimum atomic E-state index is -0.733. The molecule has 6 heteroatoms. The number of ether oxygens (including phenoxy) is 3. The first-order valence-corrected chi connectivity index (χ1v) is 7.11. The lowest BCUT2D eigenvalue weighted by Crippen LogP contribution is -2.27. The topological polar surface area (TPSA) is 56.8 Å². The molecule has 0 aromatic heterocycles. The number of halogens is 1. The SMILES string of the molecule is COC(=O)C(C)Oc1c(CNC(C)C)cc(Cl)cc1OC. The van der Waals surface area contributed by atoms with Crippen LogP contribution in [0.5, 0.6) is 11.5 Å². The monoisotopic (exact) mass is 315 g/mol. The summed E-state index contributed by atoms with van der Waals surface area (Å²) in [6.45, 7) is 6.26. The molecule has 0 aliphatic carbocycles. The van der Waals surface area contributed by atoms with Crippen molar-refractivity contribution < 1.29 is 19.0 Å². The molecular formula is C15H22ClNO4. The molecule has 0 aliphatic heterocycles. The highest BCUT2D eigenvalue weighted by molar-refractivity contribution is 6.30. The van der Waals surface area contributed by atoms with Gasteiger partial charge in [0.1, 0.15) is 0 Å². The fourth-order valence-electron chi connectivity index (χ4n) is 1.74. The number of rotatable bonds is 7. The molecule has 5 nitrogen and oxygen atoms in total. The lowest BCUT2D eigenvalue weighted by atomic mass is 10.1. The van der Waals surface area contributed by atoms with E-state index in [1.54, 1.807) is 19.1 Å². The first-order chi connectivity index (χ1) is 9.88. The smallest absolute Gasteiger partial charge is 0.346 e. The molecule has 0 heterocycles. The number of hydrogen-bond acceptors (Lipinski definition) is 5. The summed E-state index contributed by atoms with van der Waals surface area (Å²) in [5, 5.41) is 3.83. The third-order valence-corrected chi connectivity index (χ3v) is 3.06. The molecule has 1 rings (SSSR count). The van der Waals surface area contributed by atoms with Gasteiger partial charge in [0.15, 0.2) is 17.6 Å². The van der Waals surface area contributed by atoms with Crippen molar-refractivity contribution in [3.05, 3.63) is 22.7 Å². The van der Waals surface area contributed by atoms with Crippen molar-refractivity contribution in [1.29, 1.82) is 0 Å². The van der Waals surface area contributed by atoms with E-state index in [0.717, 1.165) is 5.56 Å². The fourth-order valence-corrected chi connectivity index (χ4v) is 1.98. The molecule has 1 aromatic rings.